The molecule has 0 N–H and O–H groups in total. The van der Waals surface area contributed by atoms with Gasteiger partial charge in [-0.15, -0.1) is 0 Å². The number of benzene rings is 2. The zero-order chi connectivity index (χ0) is 22.2. The third-order valence-electron chi connectivity index (χ3n) is 5.78. The fraction of sp³-hybridized carbons (Fsp3) is 0.167. The molecule has 4 aromatic rings. The van der Waals surface area contributed by atoms with Crippen molar-refractivity contribution in [3.8, 4) is 11.5 Å². The Bertz CT molecular complexity index is 1310. The lowest BCUT2D eigenvalue weighted by atomic mass is 10.1. The number of non-ortho nitro benzene ring substituents is 1. The highest BCUT2D eigenvalue weighted by Crippen LogP contribution is 2.31. The Morgan fingerprint density at radius 2 is 1.75 bits per heavy atom. The van der Waals surface area contributed by atoms with Crippen molar-refractivity contribution in [1.82, 2.24) is 19.2 Å². The quantitative estimate of drug-likeness (QED) is 0.356. The summed E-state index contributed by atoms with van der Waals surface area (Å²) in [4.78, 5) is 25.1. The molecule has 1 aliphatic rings. The molecule has 0 bridgehead atoms. The molecule has 3 heterocycles. The monoisotopic (exact) mass is 427 g/mol. The van der Waals surface area contributed by atoms with Crippen LogP contribution in [0, 0.1) is 17.0 Å². The molecule has 2 aromatic carbocycles. The van der Waals surface area contributed by atoms with Crippen LogP contribution in [-0.2, 0) is 24.3 Å². The van der Waals surface area contributed by atoms with Gasteiger partial charge in [0.05, 0.1) is 35.8 Å². The van der Waals surface area contributed by atoms with Crippen LogP contribution in [0.5, 0.6) is 0 Å². The van der Waals surface area contributed by atoms with Gasteiger partial charge in [-0.2, -0.15) is 5.10 Å². The van der Waals surface area contributed by atoms with Crippen molar-refractivity contribution in [2.75, 3.05) is 0 Å². The van der Waals surface area contributed by atoms with Crippen molar-refractivity contribution in [2.45, 2.75) is 26.4 Å². The molecule has 2 aromatic heterocycles. The summed E-state index contributed by atoms with van der Waals surface area (Å²) in [7, 11) is 0. The standard InChI is InChI=1S/C24H21N5O3/c1-17-6-2-3-7-22(17)28-24(26-12-4-5-13-26)20-15-27(16-21(20)25-28)23(30)14-18-8-10-19(11-9-18)29(31)32/h2-13H,14-16H2,1H3. The number of fused-ring (bicyclic) bond motifs is 1. The van der Waals surface area contributed by atoms with Crippen LogP contribution in [-0.4, -0.2) is 30.1 Å². The molecule has 8 heteroatoms. The highest BCUT2D eigenvalue weighted by molar-refractivity contribution is 5.79. The first-order valence-electron chi connectivity index (χ1n) is 10.3. The second-order valence-electron chi connectivity index (χ2n) is 7.89. The molecule has 8 nitrogen and oxygen atoms in total. The van der Waals surface area contributed by atoms with E-state index in [1.54, 1.807) is 17.0 Å². The van der Waals surface area contributed by atoms with E-state index in [9.17, 15) is 14.9 Å². The Morgan fingerprint density at radius 1 is 1.03 bits per heavy atom. The van der Waals surface area contributed by atoms with E-state index in [1.165, 1.54) is 12.1 Å². The molecule has 5 rings (SSSR count). The predicted molar refractivity (Wildman–Crippen MR) is 119 cm³/mol. The fourth-order valence-corrected chi connectivity index (χ4v) is 4.11. The van der Waals surface area contributed by atoms with Crippen LogP contribution >= 0.6 is 0 Å². The molecule has 0 aliphatic carbocycles. The number of amides is 1. The lowest BCUT2D eigenvalue weighted by molar-refractivity contribution is -0.384. The summed E-state index contributed by atoms with van der Waals surface area (Å²) in [5, 5.41) is 15.7. The average molecular weight is 427 g/mol. The second-order valence-corrected chi connectivity index (χ2v) is 7.89. The number of aryl methyl sites for hydroxylation is 1. The van der Waals surface area contributed by atoms with Crippen LogP contribution in [0.2, 0.25) is 0 Å². The lowest BCUT2D eigenvalue weighted by Crippen LogP contribution is -2.28. The minimum Gasteiger partial charge on any atom is -0.332 e. The number of rotatable bonds is 5. The molecule has 1 amide bonds. The maximum atomic E-state index is 13.0. The molecule has 32 heavy (non-hydrogen) atoms. The van der Waals surface area contributed by atoms with Crippen LogP contribution in [0.15, 0.2) is 73.1 Å². The Labute approximate surface area is 184 Å². The van der Waals surface area contributed by atoms with Gasteiger partial charge < -0.3 is 9.47 Å². The minimum atomic E-state index is -0.444. The largest absolute Gasteiger partial charge is 0.332 e. The highest BCUT2D eigenvalue weighted by atomic mass is 16.6. The van der Waals surface area contributed by atoms with Crippen molar-refractivity contribution in [3.63, 3.8) is 0 Å². The van der Waals surface area contributed by atoms with Crippen molar-refractivity contribution < 1.29 is 9.72 Å². The number of hydrogen-bond donors (Lipinski definition) is 0. The summed E-state index contributed by atoms with van der Waals surface area (Å²) in [6.07, 6.45) is 4.15. The Kier molecular flexibility index (Phi) is 4.82. The Balaban J connectivity index is 1.43. The van der Waals surface area contributed by atoms with Gasteiger partial charge in [0.25, 0.3) is 5.69 Å². The van der Waals surface area contributed by atoms with E-state index in [0.717, 1.165) is 33.9 Å². The number of carbonyl (C=O) groups is 1. The van der Waals surface area contributed by atoms with Crippen LogP contribution in [0.25, 0.3) is 11.5 Å². The van der Waals surface area contributed by atoms with Gasteiger partial charge in [-0.25, -0.2) is 4.68 Å². The Morgan fingerprint density at radius 3 is 2.44 bits per heavy atom. The van der Waals surface area contributed by atoms with Crippen molar-refractivity contribution in [1.29, 1.82) is 0 Å². The van der Waals surface area contributed by atoms with E-state index in [0.29, 0.717) is 13.1 Å². The molecular formula is C24H21N5O3. The number of carbonyl (C=O) groups excluding carboxylic acids is 1. The van der Waals surface area contributed by atoms with E-state index >= 15 is 0 Å². The maximum absolute atomic E-state index is 13.0. The van der Waals surface area contributed by atoms with Crippen molar-refractivity contribution in [2.24, 2.45) is 0 Å². The van der Waals surface area contributed by atoms with Gasteiger partial charge >= 0.3 is 0 Å². The SMILES string of the molecule is Cc1ccccc1-n1nc2c(c1-n1cccc1)CN(C(=O)Cc1ccc([N+](=O)[O-])cc1)C2. The Hall–Kier alpha value is -4.20. The summed E-state index contributed by atoms with van der Waals surface area (Å²) in [6, 6.07) is 18.2. The van der Waals surface area contributed by atoms with Crippen molar-refractivity contribution in [3.05, 3.63) is 106 Å². The second kappa shape index (κ2) is 7.81. The molecule has 0 atom stereocenters. The predicted octanol–water partition coefficient (Wildman–Crippen LogP) is 3.96. The smallest absolute Gasteiger partial charge is 0.269 e. The van der Waals surface area contributed by atoms with Gasteiger partial charge in [-0.3, -0.25) is 14.9 Å². The third-order valence-corrected chi connectivity index (χ3v) is 5.78. The van der Waals surface area contributed by atoms with Gasteiger partial charge in [0.15, 0.2) is 0 Å². The zero-order valence-electron chi connectivity index (χ0n) is 17.5. The van der Waals surface area contributed by atoms with Gasteiger partial charge in [0.2, 0.25) is 5.91 Å². The normalized spacial score (nSPS) is 12.7. The zero-order valence-corrected chi connectivity index (χ0v) is 17.5. The van der Waals surface area contributed by atoms with E-state index in [1.807, 2.05) is 52.0 Å². The highest BCUT2D eigenvalue weighted by Gasteiger charge is 2.31. The summed E-state index contributed by atoms with van der Waals surface area (Å²) < 4.78 is 3.99. The molecule has 0 saturated carbocycles. The van der Waals surface area contributed by atoms with E-state index in [-0.39, 0.29) is 18.0 Å². The molecule has 0 radical (unpaired) electrons. The van der Waals surface area contributed by atoms with Gasteiger partial charge in [0, 0.05) is 30.1 Å². The van der Waals surface area contributed by atoms with E-state index < -0.39 is 4.92 Å². The van der Waals surface area contributed by atoms with Crippen LogP contribution < -0.4 is 0 Å². The van der Waals surface area contributed by atoms with Crippen LogP contribution in [0.3, 0.4) is 0 Å². The molecular weight excluding hydrogens is 406 g/mol. The number of nitrogens with zero attached hydrogens (tertiary/aromatic N) is 5. The number of nitro benzene ring substituents is 1. The minimum absolute atomic E-state index is 0.0177. The van der Waals surface area contributed by atoms with E-state index in [2.05, 4.69) is 13.0 Å². The van der Waals surface area contributed by atoms with Crippen molar-refractivity contribution >= 4 is 11.6 Å². The van der Waals surface area contributed by atoms with Gasteiger partial charge in [-0.05, 0) is 36.2 Å². The molecule has 0 saturated heterocycles. The number of nitro groups is 1. The molecule has 0 fully saturated rings. The third kappa shape index (κ3) is 3.45. The summed E-state index contributed by atoms with van der Waals surface area (Å²) in [5.41, 5.74) is 4.81. The van der Waals surface area contributed by atoms with Gasteiger partial charge in [0.1, 0.15) is 5.82 Å². The summed E-state index contributed by atoms with van der Waals surface area (Å²) >= 11 is 0. The first kappa shape index (κ1) is 19.7. The van der Waals surface area contributed by atoms with Gasteiger partial charge in [-0.1, -0.05) is 30.3 Å². The molecule has 0 unspecified atom stereocenters. The molecule has 160 valence electrons. The number of hydrogen-bond acceptors (Lipinski definition) is 4. The van der Waals surface area contributed by atoms with E-state index in [4.69, 9.17) is 5.10 Å². The average Bonchev–Trinajstić information content (AvgIpc) is 3.50. The topological polar surface area (TPSA) is 86.2 Å². The first-order chi connectivity index (χ1) is 15.5. The summed E-state index contributed by atoms with van der Waals surface area (Å²) in [6.45, 7) is 2.97. The lowest BCUT2D eigenvalue weighted by Gasteiger charge is -2.18. The van der Waals surface area contributed by atoms with Crippen LogP contribution in [0.4, 0.5) is 5.69 Å². The molecule has 1 aliphatic heterocycles. The first-order valence-corrected chi connectivity index (χ1v) is 10.3. The maximum Gasteiger partial charge on any atom is 0.269 e. The summed E-state index contributed by atoms with van der Waals surface area (Å²) in [5.74, 6) is 0.905. The number of aromatic nitrogens is 3. The fourth-order valence-electron chi connectivity index (χ4n) is 4.11. The number of para-hydroxylation sites is 1. The van der Waals surface area contributed by atoms with Crippen LogP contribution in [0.1, 0.15) is 22.4 Å². The molecule has 0 spiro atoms.